The predicted molar refractivity (Wildman–Crippen MR) is 190 cm³/mol. The fourth-order valence-corrected chi connectivity index (χ4v) is 6.09. The molecule has 50 heavy (non-hydrogen) atoms. The maximum atomic E-state index is 13.2. The van der Waals surface area contributed by atoms with E-state index in [1.807, 2.05) is 6.08 Å². The number of benzene rings is 1. The first-order valence-corrected chi connectivity index (χ1v) is 17.8. The van der Waals surface area contributed by atoms with Gasteiger partial charge in [-0.1, -0.05) is 97.4 Å². The van der Waals surface area contributed by atoms with Crippen LogP contribution in [0.2, 0.25) is 0 Å². The Balaban J connectivity index is 1.26. The number of rotatable bonds is 17. The molecular formula is C40H52F3N3O4. The first-order valence-electron chi connectivity index (χ1n) is 17.8. The van der Waals surface area contributed by atoms with Gasteiger partial charge < -0.3 is 14.8 Å². The standard InChI is InChI=1S/C40H52F3N3O4/c1-38(2,3)39(4,5)23-12-10-8-7-9-11-13-24-50-25-15-16-27-19-20-28-32(26-27)44-30-22-21-29(37(48)49-6)35(34(28)30)46-36(47)31-17-14-18-33(45-31)40(41,42)43/h14,17-22,26-27H,7-13,15-16,23-25H2,1-6H3,(H,46,47). The fourth-order valence-electron chi connectivity index (χ4n) is 6.09. The van der Waals surface area contributed by atoms with Crippen molar-refractivity contribution in [3.8, 4) is 0 Å². The maximum absolute atomic E-state index is 13.2. The quantitative estimate of drug-likeness (QED) is 0.132. The van der Waals surface area contributed by atoms with Crippen LogP contribution in [0, 0.1) is 16.7 Å². The van der Waals surface area contributed by atoms with Gasteiger partial charge in [-0.25, -0.2) is 14.8 Å². The van der Waals surface area contributed by atoms with Gasteiger partial charge in [0.25, 0.3) is 5.91 Å². The van der Waals surface area contributed by atoms with Crippen LogP contribution in [0.3, 0.4) is 0 Å². The first-order chi connectivity index (χ1) is 23.6. The molecule has 1 N–H and O–H groups in total. The lowest BCUT2D eigenvalue weighted by Crippen LogP contribution is -2.32. The van der Waals surface area contributed by atoms with E-state index >= 15 is 0 Å². The number of nitrogens with one attached hydrogen (secondary N) is 1. The molecule has 2 aliphatic rings. The average molecular weight is 696 g/mol. The number of methoxy groups -OCH3 is 1. The Hall–Kier alpha value is -3.79. The number of alkyl halides is 3. The molecule has 1 aromatic carbocycles. The number of aromatic nitrogens is 1. The summed E-state index contributed by atoms with van der Waals surface area (Å²) in [5, 5.41) is 3.66. The van der Waals surface area contributed by atoms with Gasteiger partial charge >= 0.3 is 12.1 Å². The molecule has 1 aliphatic carbocycles. The van der Waals surface area contributed by atoms with Gasteiger partial charge in [0, 0.05) is 24.0 Å². The second kappa shape index (κ2) is 16.9. The second-order valence-corrected chi connectivity index (χ2v) is 14.9. The molecular weight excluding hydrogens is 643 g/mol. The topological polar surface area (TPSA) is 89.9 Å². The number of pyridine rings is 1. The Kier molecular flexibility index (Phi) is 13.2. The van der Waals surface area contributed by atoms with Gasteiger partial charge in [-0.15, -0.1) is 0 Å². The Morgan fingerprint density at radius 1 is 0.880 bits per heavy atom. The molecule has 2 heterocycles. The van der Waals surface area contributed by atoms with Crippen molar-refractivity contribution < 1.29 is 32.2 Å². The number of hydrogen-bond donors (Lipinski definition) is 1. The predicted octanol–water partition coefficient (Wildman–Crippen LogP) is 8.98. The van der Waals surface area contributed by atoms with E-state index in [0.717, 1.165) is 38.0 Å². The van der Waals surface area contributed by atoms with Gasteiger partial charge in [0.05, 0.1) is 29.4 Å². The van der Waals surface area contributed by atoms with Crippen LogP contribution in [-0.4, -0.2) is 37.2 Å². The highest BCUT2D eigenvalue weighted by molar-refractivity contribution is 6.07. The van der Waals surface area contributed by atoms with Crippen molar-refractivity contribution in [1.29, 1.82) is 0 Å². The van der Waals surface area contributed by atoms with Crippen molar-refractivity contribution in [3.05, 3.63) is 81.8 Å². The normalized spacial score (nSPS) is 15.7. The van der Waals surface area contributed by atoms with Crippen molar-refractivity contribution in [2.75, 3.05) is 25.6 Å². The van der Waals surface area contributed by atoms with Crippen LogP contribution in [0.15, 0.2) is 59.2 Å². The third-order valence-corrected chi connectivity index (χ3v) is 10.2. The lowest BCUT2D eigenvalue weighted by Gasteiger charge is -2.39. The third-order valence-electron chi connectivity index (χ3n) is 10.2. The number of anilines is 1. The first kappa shape index (κ1) is 39.0. The molecule has 0 fully saturated rings. The van der Waals surface area contributed by atoms with Crippen LogP contribution < -0.4 is 15.9 Å². The molecule has 0 radical (unpaired) electrons. The van der Waals surface area contributed by atoms with Gasteiger partial charge in [0.15, 0.2) is 0 Å². The molecule has 4 rings (SSSR count). The molecule has 1 unspecified atom stereocenters. The lowest BCUT2D eigenvalue weighted by molar-refractivity contribution is -0.141. The third kappa shape index (κ3) is 10.1. The largest absolute Gasteiger partial charge is 0.465 e. The van der Waals surface area contributed by atoms with E-state index in [0.29, 0.717) is 39.3 Å². The van der Waals surface area contributed by atoms with Crippen molar-refractivity contribution in [3.63, 3.8) is 0 Å². The molecule has 0 spiro atoms. The van der Waals surface area contributed by atoms with Gasteiger partial charge in [0.1, 0.15) is 11.4 Å². The highest BCUT2D eigenvalue weighted by atomic mass is 19.4. The number of nitrogens with zero attached hydrogens (tertiary/aromatic N) is 2. The number of carbonyl (C=O) groups is 2. The molecule has 1 amide bonds. The van der Waals surface area contributed by atoms with Gasteiger partial charge in [-0.3, -0.25) is 4.79 Å². The van der Waals surface area contributed by atoms with E-state index < -0.39 is 29.4 Å². The Morgan fingerprint density at radius 2 is 1.56 bits per heavy atom. The molecule has 2 aromatic rings. The average Bonchev–Trinajstić information content (AvgIpc) is 3.44. The number of allylic oxidation sites excluding steroid dienone is 3. The second-order valence-electron chi connectivity index (χ2n) is 14.9. The van der Waals surface area contributed by atoms with Gasteiger partial charge in [-0.05, 0) is 66.7 Å². The zero-order valence-corrected chi connectivity index (χ0v) is 30.3. The molecule has 7 nitrogen and oxygen atoms in total. The van der Waals surface area contributed by atoms with Crippen LogP contribution in [0.5, 0.6) is 0 Å². The number of halogens is 3. The molecule has 10 heteroatoms. The number of unbranched alkanes of at least 4 members (excludes halogenated alkanes) is 6. The summed E-state index contributed by atoms with van der Waals surface area (Å²) in [6, 6.07) is 6.23. The number of esters is 1. The zero-order valence-electron chi connectivity index (χ0n) is 30.3. The van der Waals surface area contributed by atoms with Crippen LogP contribution in [-0.2, 0) is 15.7 Å². The molecule has 0 bridgehead atoms. The van der Waals surface area contributed by atoms with E-state index in [4.69, 9.17) is 14.5 Å². The molecule has 0 saturated carbocycles. The van der Waals surface area contributed by atoms with E-state index in [1.54, 1.807) is 6.07 Å². The monoisotopic (exact) mass is 695 g/mol. The lowest BCUT2D eigenvalue weighted by atomic mass is 9.67. The maximum Gasteiger partial charge on any atom is 0.433 e. The number of amides is 1. The molecule has 1 atom stereocenters. The fraction of sp³-hybridized carbons (Fsp3) is 0.550. The number of carbonyl (C=O) groups excluding carboxylic acids is 2. The minimum atomic E-state index is -4.71. The summed E-state index contributed by atoms with van der Waals surface area (Å²) in [5.41, 5.74) is 0.664. The number of hydrogen-bond acceptors (Lipinski definition) is 6. The highest BCUT2D eigenvalue weighted by Crippen LogP contribution is 2.42. The summed E-state index contributed by atoms with van der Waals surface area (Å²) in [5.74, 6) is -1.46. The van der Waals surface area contributed by atoms with E-state index in [2.05, 4.69) is 57.1 Å². The summed E-state index contributed by atoms with van der Waals surface area (Å²) < 4.78 is 50.6. The number of fused-ring (bicyclic) bond motifs is 2. The smallest absolute Gasteiger partial charge is 0.433 e. The van der Waals surface area contributed by atoms with Crippen molar-refractivity contribution in [1.82, 2.24) is 4.98 Å². The van der Waals surface area contributed by atoms with E-state index in [1.165, 1.54) is 64.2 Å². The van der Waals surface area contributed by atoms with Crippen LogP contribution >= 0.6 is 0 Å². The molecule has 1 aromatic heterocycles. The SMILES string of the molecule is COC(=O)c1ccc2c(c1NC(=O)c1cccc(C(F)(F)F)n1)=C1C=CC(CCCOCCCCCCCCCC(C)(C)C(C)(C)C)C=C1N=2. The van der Waals surface area contributed by atoms with Gasteiger partial charge in [0.2, 0.25) is 0 Å². The molecule has 272 valence electrons. The summed E-state index contributed by atoms with van der Waals surface area (Å²) in [6.07, 6.45) is 13.1. The minimum absolute atomic E-state index is 0.0546. The Morgan fingerprint density at radius 3 is 2.24 bits per heavy atom. The summed E-state index contributed by atoms with van der Waals surface area (Å²) in [7, 11) is 1.21. The Bertz CT molecular complexity index is 1700. The summed E-state index contributed by atoms with van der Waals surface area (Å²) >= 11 is 0. The van der Waals surface area contributed by atoms with Crippen LogP contribution in [0.25, 0.3) is 5.57 Å². The minimum Gasteiger partial charge on any atom is -0.465 e. The molecule has 0 saturated heterocycles. The van der Waals surface area contributed by atoms with Crippen molar-refractivity contribution in [2.45, 2.75) is 105 Å². The summed E-state index contributed by atoms with van der Waals surface area (Å²) in [6.45, 7) is 13.2. The van der Waals surface area contributed by atoms with Crippen molar-refractivity contribution in [2.24, 2.45) is 21.7 Å². The Labute approximate surface area is 294 Å². The van der Waals surface area contributed by atoms with Crippen LogP contribution in [0.4, 0.5) is 18.9 Å². The van der Waals surface area contributed by atoms with E-state index in [9.17, 15) is 22.8 Å². The number of ether oxygens (including phenoxy) is 2. The van der Waals surface area contributed by atoms with Crippen LogP contribution in [0.1, 0.15) is 125 Å². The highest BCUT2D eigenvalue weighted by Gasteiger charge is 2.34. The zero-order chi connectivity index (χ0) is 36.5. The molecule has 1 aliphatic heterocycles. The van der Waals surface area contributed by atoms with E-state index in [-0.39, 0.29) is 17.2 Å². The summed E-state index contributed by atoms with van der Waals surface area (Å²) in [4.78, 5) is 34.0. The van der Waals surface area contributed by atoms with Crippen molar-refractivity contribution >= 4 is 23.1 Å². The van der Waals surface area contributed by atoms with Gasteiger partial charge in [-0.2, -0.15) is 13.2 Å².